The van der Waals surface area contributed by atoms with E-state index in [2.05, 4.69) is 10.6 Å². The highest BCUT2D eigenvalue weighted by atomic mass is 35.5. The van der Waals surface area contributed by atoms with Crippen molar-refractivity contribution in [1.82, 2.24) is 5.32 Å². The Morgan fingerprint density at radius 3 is 2.19 bits per heavy atom. The number of nitrogens with one attached hydrogen (secondary N) is 2. The average molecular weight is 355 g/mol. The quantitative estimate of drug-likeness (QED) is 0.746. The summed E-state index contributed by atoms with van der Waals surface area (Å²) >= 11 is 11.7. The largest absolute Gasteiger partial charge is 0.478 e. The van der Waals surface area contributed by atoms with Crippen LogP contribution in [0.5, 0.6) is 0 Å². The van der Waals surface area contributed by atoms with Crippen LogP contribution in [0, 0.1) is 0 Å². The van der Waals surface area contributed by atoms with Crippen LogP contribution in [0.1, 0.15) is 10.4 Å². The van der Waals surface area contributed by atoms with Crippen molar-refractivity contribution in [2.75, 3.05) is 23.9 Å². The maximum Gasteiger partial charge on any atom is 0.335 e. The molecule has 10 heteroatoms. The zero-order valence-electron chi connectivity index (χ0n) is 10.8. The number of carboxylic acid groups (broad SMARTS) is 1. The Hall–Kier alpha value is -1.51. The van der Waals surface area contributed by atoms with Gasteiger partial charge in [-0.15, -0.1) is 0 Å². The summed E-state index contributed by atoms with van der Waals surface area (Å²) in [6, 6.07) is 1.58. The normalized spacial score (nSPS) is 11.0. The van der Waals surface area contributed by atoms with E-state index < -0.39 is 21.8 Å². The Balaban J connectivity index is 2.75. The molecule has 3 N–H and O–H groups in total. The molecule has 0 atom stereocenters. The molecule has 0 aromatic heterocycles. The number of rotatable bonds is 5. The Morgan fingerprint density at radius 1 is 1.24 bits per heavy atom. The Kier molecular flexibility index (Phi) is 5.82. The number of anilines is 1. The van der Waals surface area contributed by atoms with Crippen LogP contribution in [0.3, 0.4) is 0 Å². The van der Waals surface area contributed by atoms with Gasteiger partial charge in [-0.05, 0) is 12.1 Å². The lowest BCUT2D eigenvalue weighted by molar-refractivity contribution is 0.0697. The minimum atomic E-state index is -3.18. The summed E-state index contributed by atoms with van der Waals surface area (Å²) in [5.41, 5.74) is -0.0757. The Morgan fingerprint density at radius 2 is 1.76 bits per heavy atom. The van der Waals surface area contributed by atoms with E-state index >= 15 is 0 Å². The molecule has 1 aromatic carbocycles. The van der Waals surface area contributed by atoms with Gasteiger partial charge < -0.3 is 15.7 Å². The van der Waals surface area contributed by atoms with Gasteiger partial charge in [0.05, 0.1) is 27.0 Å². The van der Waals surface area contributed by atoms with Gasteiger partial charge in [-0.2, -0.15) is 0 Å². The van der Waals surface area contributed by atoms with Gasteiger partial charge in [0, 0.05) is 12.8 Å². The summed E-state index contributed by atoms with van der Waals surface area (Å²) in [5.74, 6) is -1.41. The molecule has 21 heavy (non-hydrogen) atoms. The third-order valence-electron chi connectivity index (χ3n) is 2.29. The number of amides is 2. The molecule has 0 aliphatic carbocycles. The summed E-state index contributed by atoms with van der Waals surface area (Å²) in [6.07, 6.45) is 1.05. The molecule has 7 nitrogen and oxygen atoms in total. The number of hydrogen-bond donors (Lipinski definition) is 3. The SMILES string of the molecule is CS(=O)(=O)CCNC(=O)Nc1c(Cl)cc(C(=O)O)cc1Cl. The average Bonchev–Trinajstić information content (AvgIpc) is 2.31. The fourth-order valence-electron chi connectivity index (χ4n) is 1.32. The van der Waals surface area contributed by atoms with Crippen molar-refractivity contribution in [3.63, 3.8) is 0 Å². The van der Waals surface area contributed by atoms with E-state index in [-0.39, 0.29) is 33.6 Å². The highest BCUT2D eigenvalue weighted by Gasteiger charge is 2.14. The monoisotopic (exact) mass is 354 g/mol. The van der Waals surface area contributed by atoms with Crippen LogP contribution in [0.15, 0.2) is 12.1 Å². The minimum absolute atomic E-state index is 0.0418. The summed E-state index contributed by atoms with van der Waals surface area (Å²) in [5, 5.41) is 13.4. The number of urea groups is 1. The number of carbonyl (C=O) groups is 2. The molecule has 0 aliphatic heterocycles. The maximum atomic E-state index is 11.6. The molecule has 0 saturated carbocycles. The maximum absolute atomic E-state index is 11.6. The van der Waals surface area contributed by atoms with E-state index in [1.807, 2.05) is 0 Å². The van der Waals surface area contributed by atoms with Crippen LogP contribution in [-0.4, -0.2) is 44.1 Å². The molecule has 0 aliphatic rings. The predicted octanol–water partition coefficient (Wildman–Crippen LogP) is 1.86. The summed E-state index contributed by atoms with van der Waals surface area (Å²) in [4.78, 5) is 22.4. The van der Waals surface area contributed by atoms with E-state index in [1.165, 1.54) is 0 Å². The summed E-state index contributed by atoms with van der Waals surface area (Å²) in [6.45, 7) is -0.0763. The topological polar surface area (TPSA) is 113 Å². The van der Waals surface area contributed by atoms with Crippen molar-refractivity contribution in [3.05, 3.63) is 27.7 Å². The number of sulfone groups is 1. The van der Waals surface area contributed by atoms with Gasteiger partial charge in [-0.1, -0.05) is 23.2 Å². The highest BCUT2D eigenvalue weighted by molar-refractivity contribution is 7.90. The van der Waals surface area contributed by atoms with E-state index in [4.69, 9.17) is 28.3 Å². The number of carbonyl (C=O) groups excluding carboxylic acids is 1. The second-order valence-corrected chi connectivity index (χ2v) is 7.20. The third-order valence-corrected chi connectivity index (χ3v) is 3.83. The molecule has 2 amide bonds. The lowest BCUT2D eigenvalue weighted by atomic mass is 10.2. The number of benzene rings is 1. The fourth-order valence-corrected chi connectivity index (χ4v) is 2.38. The van der Waals surface area contributed by atoms with Crippen molar-refractivity contribution in [2.45, 2.75) is 0 Å². The molecule has 0 heterocycles. The number of hydrogen-bond acceptors (Lipinski definition) is 4. The van der Waals surface area contributed by atoms with Crippen molar-refractivity contribution >= 4 is 50.7 Å². The lowest BCUT2D eigenvalue weighted by Gasteiger charge is -2.11. The predicted molar refractivity (Wildman–Crippen MR) is 80.2 cm³/mol. The molecular weight excluding hydrogens is 343 g/mol. The molecule has 116 valence electrons. The van der Waals surface area contributed by atoms with Crippen molar-refractivity contribution in [1.29, 1.82) is 0 Å². The van der Waals surface area contributed by atoms with Crippen LogP contribution < -0.4 is 10.6 Å². The van der Waals surface area contributed by atoms with Gasteiger partial charge in [-0.3, -0.25) is 0 Å². The number of halogens is 2. The zero-order chi connectivity index (χ0) is 16.2. The molecule has 1 rings (SSSR count). The molecule has 0 unspecified atom stereocenters. The van der Waals surface area contributed by atoms with Crippen molar-refractivity contribution < 1.29 is 23.1 Å². The van der Waals surface area contributed by atoms with Crippen LogP contribution in [0.2, 0.25) is 10.0 Å². The zero-order valence-corrected chi connectivity index (χ0v) is 13.1. The first-order valence-corrected chi connectivity index (χ1v) is 8.36. The van der Waals surface area contributed by atoms with Gasteiger partial charge in [-0.25, -0.2) is 18.0 Å². The molecule has 1 aromatic rings. The molecule has 0 bridgehead atoms. The standard InChI is InChI=1S/C11H12Cl2N2O5S/c1-21(19,20)3-2-14-11(18)15-9-7(12)4-6(10(16)17)5-8(9)13/h4-5H,2-3H2,1H3,(H,16,17)(H2,14,15,18). The van der Waals surface area contributed by atoms with Crippen molar-refractivity contribution in [2.24, 2.45) is 0 Å². The van der Waals surface area contributed by atoms with Gasteiger partial charge >= 0.3 is 12.0 Å². The van der Waals surface area contributed by atoms with E-state index in [0.717, 1.165) is 18.4 Å². The van der Waals surface area contributed by atoms with E-state index in [9.17, 15) is 18.0 Å². The second-order valence-electron chi connectivity index (χ2n) is 4.13. The number of aromatic carboxylic acids is 1. The first-order valence-electron chi connectivity index (χ1n) is 5.55. The van der Waals surface area contributed by atoms with Crippen LogP contribution in [0.4, 0.5) is 10.5 Å². The van der Waals surface area contributed by atoms with Crippen LogP contribution in [0.25, 0.3) is 0 Å². The Labute approximate surface area is 131 Å². The molecule has 0 radical (unpaired) electrons. The first kappa shape index (κ1) is 17.5. The minimum Gasteiger partial charge on any atom is -0.478 e. The van der Waals surface area contributed by atoms with Gasteiger partial charge in [0.15, 0.2) is 0 Å². The van der Waals surface area contributed by atoms with E-state index in [1.54, 1.807) is 0 Å². The molecule has 0 fully saturated rings. The lowest BCUT2D eigenvalue weighted by Crippen LogP contribution is -2.32. The van der Waals surface area contributed by atoms with Crippen molar-refractivity contribution in [3.8, 4) is 0 Å². The molecular formula is C11H12Cl2N2O5S. The second kappa shape index (κ2) is 6.97. The van der Waals surface area contributed by atoms with E-state index in [0.29, 0.717) is 0 Å². The fraction of sp³-hybridized carbons (Fsp3) is 0.273. The highest BCUT2D eigenvalue weighted by Crippen LogP contribution is 2.31. The summed E-state index contributed by atoms with van der Waals surface area (Å²) < 4.78 is 21.8. The Bertz CT molecular complexity index is 652. The third kappa shape index (κ3) is 5.78. The first-order chi connectivity index (χ1) is 9.60. The molecule has 0 spiro atoms. The molecule has 0 saturated heterocycles. The smallest absolute Gasteiger partial charge is 0.335 e. The summed E-state index contributed by atoms with van der Waals surface area (Å²) in [7, 11) is -3.18. The number of carboxylic acids is 1. The van der Waals surface area contributed by atoms with Gasteiger partial charge in [0.25, 0.3) is 0 Å². The van der Waals surface area contributed by atoms with Gasteiger partial charge in [0.1, 0.15) is 9.84 Å². The van der Waals surface area contributed by atoms with Crippen LogP contribution >= 0.6 is 23.2 Å². The van der Waals surface area contributed by atoms with Gasteiger partial charge in [0.2, 0.25) is 0 Å². The van der Waals surface area contributed by atoms with Crippen LogP contribution in [-0.2, 0) is 9.84 Å².